The van der Waals surface area contributed by atoms with Crippen LogP contribution in [0, 0.1) is 0 Å². The van der Waals surface area contributed by atoms with E-state index in [0.29, 0.717) is 16.9 Å². The zero-order chi connectivity index (χ0) is 16.0. The van der Waals surface area contributed by atoms with Crippen LogP contribution >= 0.6 is 11.6 Å². The third kappa shape index (κ3) is 2.44. The summed E-state index contributed by atoms with van der Waals surface area (Å²) in [6.45, 7) is 2.02. The molecule has 1 aromatic carbocycles. The minimum atomic E-state index is 0.304. The van der Waals surface area contributed by atoms with E-state index >= 15 is 0 Å². The van der Waals surface area contributed by atoms with Gasteiger partial charge in [-0.3, -0.25) is 0 Å². The quantitative estimate of drug-likeness (QED) is 0.782. The van der Waals surface area contributed by atoms with Crippen LogP contribution in [0.2, 0.25) is 5.02 Å². The van der Waals surface area contributed by atoms with Gasteiger partial charge in [0.15, 0.2) is 5.65 Å². The Morgan fingerprint density at radius 1 is 1.22 bits per heavy atom. The van der Waals surface area contributed by atoms with Gasteiger partial charge in [-0.1, -0.05) is 23.7 Å². The van der Waals surface area contributed by atoms with E-state index < -0.39 is 0 Å². The van der Waals surface area contributed by atoms with Crippen LogP contribution in [0.5, 0.6) is 0 Å². The van der Waals surface area contributed by atoms with Crippen molar-refractivity contribution in [2.24, 2.45) is 0 Å². The standard InChI is InChI=1S/C16H17ClN6/c1-22-7-6-12(8-22)23-16-13(15(18)19-9-20-16)14(21-23)10-2-4-11(17)5-3-10/h2-5,9,12H,6-8H2,1H3,(H2,18,19,20)/t12-/m0/s1. The van der Waals surface area contributed by atoms with E-state index in [0.717, 1.165) is 41.8 Å². The maximum absolute atomic E-state index is 6.12. The van der Waals surface area contributed by atoms with E-state index in [2.05, 4.69) is 21.9 Å². The zero-order valence-electron chi connectivity index (χ0n) is 12.8. The number of anilines is 1. The summed E-state index contributed by atoms with van der Waals surface area (Å²) in [6.07, 6.45) is 2.55. The van der Waals surface area contributed by atoms with Gasteiger partial charge in [0.05, 0.1) is 11.4 Å². The van der Waals surface area contributed by atoms with Gasteiger partial charge in [-0.2, -0.15) is 5.10 Å². The molecule has 2 aromatic heterocycles. The van der Waals surface area contributed by atoms with Crippen molar-refractivity contribution in [2.75, 3.05) is 25.9 Å². The van der Waals surface area contributed by atoms with Crippen LogP contribution in [0.25, 0.3) is 22.3 Å². The summed E-state index contributed by atoms with van der Waals surface area (Å²) < 4.78 is 2.00. The van der Waals surface area contributed by atoms with Gasteiger partial charge in [0.25, 0.3) is 0 Å². The number of benzene rings is 1. The maximum Gasteiger partial charge on any atom is 0.164 e. The number of nitrogen functional groups attached to an aromatic ring is 1. The van der Waals surface area contributed by atoms with E-state index in [9.17, 15) is 0 Å². The molecular formula is C16H17ClN6. The fourth-order valence-corrected chi connectivity index (χ4v) is 3.30. The fourth-order valence-electron chi connectivity index (χ4n) is 3.17. The molecule has 0 unspecified atom stereocenters. The van der Waals surface area contributed by atoms with Crippen molar-refractivity contribution >= 4 is 28.5 Å². The van der Waals surface area contributed by atoms with Crippen LogP contribution in [0.3, 0.4) is 0 Å². The van der Waals surface area contributed by atoms with Gasteiger partial charge in [0.1, 0.15) is 17.8 Å². The average Bonchev–Trinajstić information content (AvgIpc) is 3.13. The first-order valence-electron chi connectivity index (χ1n) is 7.56. The number of hydrogen-bond donors (Lipinski definition) is 1. The highest BCUT2D eigenvalue weighted by Crippen LogP contribution is 2.33. The van der Waals surface area contributed by atoms with Crippen molar-refractivity contribution in [3.63, 3.8) is 0 Å². The Bertz CT molecular complexity index is 857. The normalized spacial score (nSPS) is 18.8. The number of aromatic nitrogens is 4. The molecule has 2 N–H and O–H groups in total. The number of likely N-dealkylation sites (N-methyl/N-ethyl adjacent to an activating group) is 1. The topological polar surface area (TPSA) is 72.9 Å². The number of hydrogen-bond acceptors (Lipinski definition) is 5. The number of rotatable bonds is 2. The van der Waals surface area contributed by atoms with Crippen LogP contribution in [0.4, 0.5) is 5.82 Å². The van der Waals surface area contributed by atoms with Crippen molar-refractivity contribution in [2.45, 2.75) is 12.5 Å². The van der Waals surface area contributed by atoms with Crippen molar-refractivity contribution in [1.82, 2.24) is 24.6 Å². The lowest BCUT2D eigenvalue weighted by Crippen LogP contribution is -2.17. The molecule has 1 atom stereocenters. The summed E-state index contributed by atoms with van der Waals surface area (Å²) in [6, 6.07) is 7.90. The van der Waals surface area contributed by atoms with Gasteiger partial charge < -0.3 is 10.6 Å². The number of nitrogens with two attached hydrogens (primary N) is 1. The van der Waals surface area contributed by atoms with Gasteiger partial charge in [0.2, 0.25) is 0 Å². The summed E-state index contributed by atoms with van der Waals surface area (Å²) in [5.74, 6) is 0.456. The Hall–Kier alpha value is -2.18. The summed E-state index contributed by atoms with van der Waals surface area (Å²) in [7, 11) is 2.12. The lowest BCUT2D eigenvalue weighted by Gasteiger charge is -2.11. The predicted octanol–water partition coefficient (Wildman–Crippen LogP) is 2.61. The predicted molar refractivity (Wildman–Crippen MR) is 91.3 cm³/mol. The number of likely N-dealkylation sites (tertiary alicyclic amines) is 1. The summed E-state index contributed by atoms with van der Waals surface area (Å²) >= 11 is 5.99. The van der Waals surface area contributed by atoms with Crippen LogP contribution in [0.15, 0.2) is 30.6 Å². The summed E-state index contributed by atoms with van der Waals surface area (Å²) in [5.41, 5.74) is 8.69. The van der Waals surface area contributed by atoms with Crippen LogP contribution in [0.1, 0.15) is 12.5 Å². The Morgan fingerprint density at radius 2 is 2.00 bits per heavy atom. The molecule has 4 rings (SSSR count). The lowest BCUT2D eigenvalue weighted by atomic mass is 10.1. The molecule has 7 heteroatoms. The van der Waals surface area contributed by atoms with E-state index in [-0.39, 0.29) is 0 Å². The second-order valence-corrected chi connectivity index (χ2v) is 6.40. The fraction of sp³-hybridized carbons (Fsp3) is 0.312. The molecule has 3 heterocycles. The lowest BCUT2D eigenvalue weighted by molar-refractivity contribution is 0.385. The molecule has 1 saturated heterocycles. The van der Waals surface area contributed by atoms with Crippen LogP contribution in [-0.4, -0.2) is 44.8 Å². The summed E-state index contributed by atoms with van der Waals surface area (Å²) in [4.78, 5) is 10.9. The number of halogens is 1. The molecule has 0 spiro atoms. The molecule has 0 radical (unpaired) electrons. The molecular weight excluding hydrogens is 312 g/mol. The highest BCUT2D eigenvalue weighted by Gasteiger charge is 2.26. The molecule has 0 aliphatic carbocycles. The van der Waals surface area contributed by atoms with E-state index in [1.165, 1.54) is 6.33 Å². The first-order valence-corrected chi connectivity index (χ1v) is 7.94. The monoisotopic (exact) mass is 328 g/mol. The number of nitrogens with zero attached hydrogens (tertiary/aromatic N) is 5. The first-order chi connectivity index (χ1) is 11.1. The Kier molecular flexibility index (Phi) is 3.43. The minimum Gasteiger partial charge on any atom is -0.383 e. The zero-order valence-corrected chi connectivity index (χ0v) is 13.5. The second-order valence-electron chi connectivity index (χ2n) is 5.96. The second kappa shape index (κ2) is 5.47. The van der Waals surface area contributed by atoms with Gasteiger partial charge in [-0.15, -0.1) is 0 Å². The molecule has 1 fully saturated rings. The molecule has 1 aliphatic heterocycles. The van der Waals surface area contributed by atoms with Crippen molar-refractivity contribution in [1.29, 1.82) is 0 Å². The van der Waals surface area contributed by atoms with Crippen molar-refractivity contribution < 1.29 is 0 Å². The van der Waals surface area contributed by atoms with Gasteiger partial charge in [-0.05, 0) is 25.6 Å². The third-order valence-electron chi connectivity index (χ3n) is 4.35. The molecule has 0 saturated carbocycles. The Labute approximate surface area is 138 Å². The van der Waals surface area contributed by atoms with Crippen LogP contribution < -0.4 is 5.73 Å². The Balaban J connectivity index is 1.92. The van der Waals surface area contributed by atoms with Gasteiger partial charge >= 0.3 is 0 Å². The molecule has 0 amide bonds. The van der Waals surface area contributed by atoms with Crippen LogP contribution in [-0.2, 0) is 0 Å². The van der Waals surface area contributed by atoms with E-state index in [1.807, 2.05) is 28.9 Å². The van der Waals surface area contributed by atoms with Crippen molar-refractivity contribution in [3.8, 4) is 11.3 Å². The van der Waals surface area contributed by atoms with E-state index in [4.69, 9.17) is 22.4 Å². The smallest absolute Gasteiger partial charge is 0.164 e. The highest BCUT2D eigenvalue weighted by molar-refractivity contribution is 6.30. The molecule has 3 aromatic rings. The minimum absolute atomic E-state index is 0.304. The molecule has 6 nitrogen and oxygen atoms in total. The number of fused-ring (bicyclic) bond motifs is 1. The molecule has 1 aliphatic rings. The van der Waals surface area contributed by atoms with Gasteiger partial charge in [-0.25, -0.2) is 14.6 Å². The highest BCUT2D eigenvalue weighted by atomic mass is 35.5. The van der Waals surface area contributed by atoms with Gasteiger partial charge in [0, 0.05) is 23.7 Å². The molecule has 118 valence electrons. The molecule has 23 heavy (non-hydrogen) atoms. The third-order valence-corrected chi connectivity index (χ3v) is 4.60. The SMILES string of the molecule is CN1CC[C@H](n2nc(-c3ccc(Cl)cc3)c3c(N)ncnc32)C1. The Morgan fingerprint density at radius 3 is 2.70 bits per heavy atom. The average molecular weight is 329 g/mol. The largest absolute Gasteiger partial charge is 0.383 e. The first kappa shape index (κ1) is 14.4. The molecule has 0 bridgehead atoms. The van der Waals surface area contributed by atoms with E-state index in [1.54, 1.807) is 0 Å². The van der Waals surface area contributed by atoms with Crippen molar-refractivity contribution in [3.05, 3.63) is 35.6 Å². The summed E-state index contributed by atoms with van der Waals surface area (Å²) in [5, 5.41) is 6.33. The maximum atomic E-state index is 6.12.